The minimum absolute atomic E-state index is 0.0956. The Balaban J connectivity index is 1.71. The zero-order valence-electron chi connectivity index (χ0n) is 12.7. The number of oxazole rings is 1. The van der Waals surface area contributed by atoms with Gasteiger partial charge in [-0.05, 0) is 36.6 Å². The fraction of sp³-hybridized carbons (Fsp3) is 0.118. The van der Waals surface area contributed by atoms with E-state index in [0.717, 1.165) is 4.88 Å². The third-order valence-corrected chi connectivity index (χ3v) is 4.50. The molecule has 0 spiro atoms. The van der Waals surface area contributed by atoms with Crippen molar-refractivity contribution in [1.82, 2.24) is 4.98 Å². The normalized spacial score (nSPS) is 10.4. The highest BCUT2D eigenvalue weighted by molar-refractivity contribution is 7.13. The Hall–Kier alpha value is -2.62. The maximum atomic E-state index is 12.2. The van der Waals surface area contributed by atoms with Crippen molar-refractivity contribution >= 4 is 34.5 Å². The number of carbonyl (C=O) groups is 1. The van der Waals surface area contributed by atoms with E-state index in [1.807, 2.05) is 23.6 Å². The molecule has 2 aromatic heterocycles. The lowest BCUT2D eigenvalue weighted by Crippen LogP contribution is -2.15. The molecule has 0 aliphatic heterocycles. The van der Waals surface area contributed by atoms with Crippen LogP contribution in [0.5, 0.6) is 0 Å². The summed E-state index contributed by atoms with van der Waals surface area (Å²) in [6, 6.07) is 10.5. The number of aromatic nitrogens is 1. The first kappa shape index (κ1) is 16.2. The van der Waals surface area contributed by atoms with Gasteiger partial charge in [-0.1, -0.05) is 17.7 Å². The van der Waals surface area contributed by atoms with E-state index in [1.54, 1.807) is 25.1 Å². The second-order valence-corrected chi connectivity index (χ2v) is 6.39. The molecule has 1 amide bonds. The van der Waals surface area contributed by atoms with Crippen molar-refractivity contribution in [2.45, 2.75) is 13.3 Å². The largest absolute Gasteiger partial charge is 0.440 e. The number of benzene rings is 1. The fourth-order valence-corrected chi connectivity index (χ4v) is 3.01. The summed E-state index contributed by atoms with van der Waals surface area (Å²) in [5.41, 5.74) is 1.49. The average Bonchev–Trinajstić information content (AvgIpc) is 3.18. The topological polar surface area (TPSA) is 78.9 Å². The molecule has 3 aromatic rings. The number of carbonyl (C=O) groups excluding carboxylic acids is 1. The van der Waals surface area contributed by atoms with E-state index in [0.29, 0.717) is 33.6 Å². The van der Waals surface area contributed by atoms with Gasteiger partial charge in [-0.2, -0.15) is 5.26 Å². The Morgan fingerprint density at radius 2 is 2.29 bits per heavy atom. The third-order valence-electron chi connectivity index (χ3n) is 3.33. The van der Waals surface area contributed by atoms with E-state index < -0.39 is 0 Å². The Kier molecular flexibility index (Phi) is 4.65. The Morgan fingerprint density at radius 3 is 2.96 bits per heavy atom. The quantitative estimate of drug-likeness (QED) is 0.749. The van der Waals surface area contributed by atoms with Crippen molar-refractivity contribution in [1.29, 1.82) is 5.26 Å². The van der Waals surface area contributed by atoms with Gasteiger partial charge in [0.1, 0.15) is 11.8 Å². The van der Waals surface area contributed by atoms with Gasteiger partial charge in [-0.15, -0.1) is 11.3 Å². The maximum Gasteiger partial charge on any atom is 0.236 e. The van der Waals surface area contributed by atoms with Crippen molar-refractivity contribution in [3.63, 3.8) is 0 Å². The second kappa shape index (κ2) is 6.87. The lowest BCUT2D eigenvalue weighted by atomic mass is 10.2. The summed E-state index contributed by atoms with van der Waals surface area (Å²) in [4.78, 5) is 17.5. The molecule has 0 bridgehead atoms. The van der Waals surface area contributed by atoms with Gasteiger partial charge in [0.2, 0.25) is 11.8 Å². The highest BCUT2D eigenvalue weighted by Crippen LogP contribution is 2.26. The summed E-state index contributed by atoms with van der Waals surface area (Å²) in [7, 11) is 0. The van der Waals surface area contributed by atoms with Crippen LogP contribution in [0.25, 0.3) is 10.8 Å². The molecule has 5 nitrogen and oxygen atoms in total. The average molecular weight is 358 g/mol. The monoisotopic (exact) mass is 357 g/mol. The number of halogens is 1. The molecule has 7 heteroatoms. The van der Waals surface area contributed by atoms with Gasteiger partial charge in [-0.3, -0.25) is 4.79 Å². The first-order valence-corrected chi connectivity index (χ1v) is 8.32. The minimum atomic E-state index is -0.232. The van der Waals surface area contributed by atoms with Gasteiger partial charge >= 0.3 is 0 Å². The van der Waals surface area contributed by atoms with Gasteiger partial charge in [0.15, 0.2) is 0 Å². The zero-order valence-corrected chi connectivity index (χ0v) is 14.2. The molecule has 0 radical (unpaired) electrons. The molecule has 24 heavy (non-hydrogen) atoms. The number of hydrogen-bond donors (Lipinski definition) is 1. The molecule has 120 valence electrons. The van der Waals surface area contributed by atoms with Gasteiger partial charge in [0.25, 0.3) is 0 Å². The summed E-state index contributed by atoms with van der Waals surface area (Å²) < 4.78 is 5.62. The van der Waals surface area contributed by atoms with Crippen LogP contribution < -0.4 is 5.32 Å². The van der Waals surface area contributed by atoms with Crippen LogP contribution in [-0.4, -0.2) is 10.9 Å². The smallest absolute Gasteiger partial charge is 0.236 e. The van der Waals surface area contributed by atoms with Crippen molar-refractivity contribution < 1.29 is 9.21 Å². The van der Waals surface area contributed by atoms with Crippen LogP contribution in [0.3, 0.4) is 0 Å². The number of nitriles is 1. The van der Waals surface area contributed by atoms with Crippen molar-refractivity contribution in [2.75, 3.05) is 5.32 Å². The number of anilines is 1. The van der Waals surface area contributed by atoms with Gasteiger partial charge in [-0.25, -0.2) is 4.98 Å². The molecule has 0 aliphatic carbocycles. The number of aryl methyl sites for hydroxylation is 1. The fourth-order valence-electron chi connectivity index (χ4n) is 2.14. The molecule has 1 aromatic carbocycles. The first-order valence-electron chi connectivity index (χ1n) is 7.06. The van der Waals surface area contributed by atoms with E-state index in [2.05, 4.69) is 10.3 Å². The molecule has 0 fully saturated rings. The third kappa shape index (κ3) is 3.48. The lowest BCUT2D eigenvalue weighted by molar-refractivity contribution is -0.115. The van der Waals surface area contributed by atoms with Crippen LogP contribution in [0, 0.1) is 18.3 Å². The molecule has 0 unspecified atom stereocenters. The Morgan fingerprint density at radius 1 is 1.46 bits per heavy atom. The molecule has 0 atom stereocenters. The van der Waals surface area contributed by atoms with Crippen LogP contribution in [0.2, 0.25) is 5.02 Å². The number of amides is 1. The van der Waals surface area contributed by atoms with E-state index in [-0.39, 0.29) is 12.3 Å². The highest BCUT2D eigenvalue weighted by atomic mass is 35.5. The number of nitrogens with zero attached hydrogens (tertiary/aromatic N) is 2. The van der Waals surface area contributed by atoms with Gasteiger partial charge in [0, 0.05) is 5.69 Å². The van der Waals surface area contributed by atoms with E-state index >= 15 is 0 Å². The van der Waals surface area contributed by atoms with Crippen LogP contribution in [0.1, 0.15) is 17.0 Å². The molecule has 0 aliphatic rings. The first-order chi connectivity index (χ1) is 11.6. The molecule has 0 saturated heterocycles. The van der Waals surface area contributed by atoms with E-state index in [1.165, 1.54) is 11.3 Å². The molecule has 1 N–H and O–H groups in total. The summed E-state index contributed by atoms with van der Waals surface area (Å²) in [5, 5.41) is 13.8. The van der Waals surface area contributed by atoms with Gasteiger partial charge in [0.05, 0.1) is 27.6 Å². The maximum absolute atomic E-state index is 12.2. The zero-order chi connectivity index (χ0) is 17.1. The summed E-state index contributed by atoms with van der Waals surface area (Å²) in [5.74, 6) is 0.906. The molecular formula is C17H12ClN3O2S. The molecule has 2 heterocycles. The van der Waals surface area contributed by atoms with Crippen LogP contribution >= 0.6 is 22.9 Å². The van der Waals surface area contributed by atoms with Crippen molar-refractivity contribution in [3.8, 4) is 16.8 Å². The molecular weight excluding hydrogens is 346 g/mol. The summed E-state index contributed by atoms with van der Waals surface area (Å²) in [6.45, 7) is 1.78. The van der Waals surface area contributed by atoms with Crippen LogP contribution in [0.4, 0.5) is 5.69 Å². The Labute approximate surface area is 147 Å². The molecule has 3 rings (SSSR count). The van der Waals surface area contributed by atoms with Crippen molar-refractivity contribution in [2.24, 2.45) is 0 Å². The van der Waals surface area contributed by atoms with Crippen LogP contribution in [0.15, 0.2) is 40.1 Å². The lowest BCUT2D eigenvalue weighted by Gasteiger charge is -2.05. The summed E-state index contributed by atoms with van der Waals surface area (Å²) in [6.07, 6.45) is 0.0956. The van der Waals surface area contributed by atoms with E-state index in [4.69, 9.17) is 21.3 Å². The SMILES string of the molecule is Cc1oc(-c2cccs2)nc1CC(=O)Nc1ccc(C#N)c(Cl)c1. The predicted molar refractivity (Wildman–Crippen MR) is 93.1 cm³/mol. The number of thiophene rings is 1. The Bertz CT molecular complexity index is 926. The van der Waals surface area contributed by atoms with E-state index in [9.17, 15) is 4.79 Å². The minimum Gasteiger partial charge on any atom is -0.440 e. The summed E-state index contributed by atoms with van der Waals surface area (Å²) >= 11 is 7.49. The second-order valence-electron chi connectivity index (χ2n) is 5.03. The van der Waals surface area contributed by atoms with Crippen molar-refractivity contribution in [3.05, 3.63) is 57.8 Å². The highest BCUT2D eigenvalue weighted by Gasteiger charge is 2.15. The van der Waals surface area contributed by atoms with Gasteiger partial charge < -0.3 is 9.73 Å². The standard InChI is InChI=1S/C17H12ClN3O2S/c1-10-14(21-17(23-10)15-3-2-6-24-15)8-16(22)20-12-5-4-11(9-19)13(18)7-12/h2-7H,8H2,1H3,(H,20,22). The number of rotatable bonds is 4. The van der Waals surface area contributed by atoms with Crippen LogP contribution in [-0.2, 0) is 11.2 Å². The number of nitrogens with one attached hydrogen (secondary N) is 1. The predicted octanol–water partition coefficient (Wildman–Crippen LogP) is 4.42. The number of hydrogen-bond acceptors (Lipinski definition) is 5. The molecule has 0 saturated carbocycles.